The molecule has 20 heavy (non-hydrogen) atoms. The molecule has 102 valence electrons. The molecule has 1 aliphatic rings. The average Bonchev–Trinajstić information content (AvgIpc) is 2.63. The maximum atomic E-state index is 12.0. The van der Waals surface area contributed by atoms with Gasteiger partial charge < -0.3 is 5.32 Å². The van der Waals surface area contributed by atoms with Gasteiger partial charge in [-0.1, -0.05) is 11.6 Å². The standard InChI is InChI=1S/C14H12ClN3O2/c1-14(2)8-5-7(10-3-4-11(19)18-17-10)6-9(15)12(8)16-13(14)20/h3-6H,1-2H3,(H,16,20)(H,18,19). The molecule has 2 heterocycles. The number of halogens is 1. The minimum Gasteiger partial charge on any atom is -0.324 e. The van der Waals surface area contributed by atoms with Gasteiger partial charge in [0.05, 0.1) is 21.8 Å². The topological polar surface area (TPSA) is 74.8 Å². The summed E-state index contributed by atoms with van der Waals surface area (Å²) in [7, 11) is 0. The molecule has 2 N–H and O–H groups in total. The number of aromatic amines is 1. The first-order valence-electron chi connectivity index (χ1n) is 6.11. The van der Waals surface area contributed by atoms with Crippen LogP contribution in [0.1, 0.15) is 19.4 Å². The van der Waals surface area contributed by atoms with Crippen LogP contribution in [-0.4, -0.2) is 16.1 Å². The van der Waals surface area contributed by atoms with Gasteiger partial charge in [0, 0.05) is 11.6 Å². The van der Waals surface area contributed by atoms with Gasteiger partial charge in [-0.2, -0.15) is 5.10 Å². The van der Waals surface area contributed by atoms with Crippen LogP contribution in [-0.2, 0) is 10.2 Å². The summed E-state index contributed by atoms with van der Waals surface area (Å²) in [6.07, 6.45) is 0. The number of hydrogen-bond acceptors (Lipinski definition) is 3. The molecule has 6 heteroatoms. The molecule has 0 aliphatic carbocycles. The average molecular weight is 290 g/mol. The first-order valence-corrected chi connectivity index (χ1v) is 6.49. The van der Waals surface area contributed by atoms with Crippen LogP contribution < -0.4 is 10.9 Å². The highest BCUT2D eigenvalue weighted by Crippen LogP contribution is 2.43. The van der Waals surface area contributed by atoms with E-state index in [1.54, 1.807) is 12.1 Å². The largest absolute Gasteiger partial charge is 0.324 e. The van der Waals surface area contributed by atoms with E-state index in [-0.39, 0.29) is 11.5 Å². The van der Waals surface area contributed by atoms with Gasteiger partial charge in [0.2, 0.25) is 5.91 Å². The number of benzene rings is 1. The number of carbonyl (C=O) groups is 1. The predicted octanol–water partition coefficient (Wildman–Crippen LogP) is 2.32. The van der Waals surface area contributed by atoms with Crippen molar-refractivity contribution in [1.29, 1.82) is 0 Å². The van der Waals surface area contributed by atoms with Crippen molar-refractivity contribution in [1.82, 2.24) is 10.2 Å². The molecular weight excluding hydrogens is 278 g/mol. The zero-order valence-electron chi connectivity index (χ0n) is 11.0. The number of H-pyrrole nitrogens is 1. The van der Waals surface area contributed by atoms with E-state index in [1.165, 1.54) is 6.07 Å². The van der Waals surface area contributed by atoms with Crippen molar-refractivity contribution < 1.29 is 4.79 Å². The molecule has 0 spiro atoms. The molecule has 0 radical (unpaired) electrons. The third-order valence-electron chi connectivity index (χ3n) is 3.54. The molecule has 2 aromatic rings. The number of rotatable bonds is 1. The monoisotopic (exact) mass is 289 g/mol. The van der Waals surface area contributed by atoms with Crippen LogP contribution in [0.4, 0.5) is 5.69 Å². The molecule has 1 amide bonds. The first-order chi connectivity index (χ1) is 9.39. The van der Waals surface area contributed by atoms with Gasteiger partial charge in [0.25, 0.3) is 5.56 Å². The number of hydrogen-bond donors (Lipinski definition) is 2. The fraction of sp³-hybridized carbons (Fsp3) is 0.214. The highest BCUT2D eigenvalue weighted by molar-refractivity contribution is 6.35. The Morgan fingerprint density at radius 3 is 2.60 bits per heavy atom. The Bertz CT molecular complexity index is 760. The smallest absolute Gasteiger partial charge is 0.264 e. The van der Waals surface area contributed by atoms with E-state index in [0.717, 1.165) is 11.1 Å². The first kappa shape index (κ1) is 12.9. The zero-order valence-corrected chi connectivity index (χ0v) is 11.7. The molecule has 1 aliphatic heterocycles. The second kappa shape index (κ2) is 4.18. The number of fused-ring (bicyclic) bond motifs is 1. The SMILES string of the molecule is CC1(C)C(=O)Nc2c(Cl)cc(-c3ccc(=O)[nH]n3)cc21. The Morgan fingerprint density at radius 1 is 1.20 bits per heavy atom. The number of aromatic nitrogens is 2. The summed E-state index contributed by atoms with van der Waals surface area (Å²) in [6, 6.07) is 6.62. The van der Waals surface area contributed by atoms with Gasteiger partial charge in [-0.25, -0.2) is 5.10 Å². The van der Waals surface area contributed by atoms with E-state index >= 15 is 0 Å². The van der Waals surface area contributed by atoms with E-state index in [9.17, 15) is 9.59 Å². The molecule has 5 nitrogen and oxygen atoms in total. The molecule has 3 rings (SSSR count). The third-order valence-corrected chi connectivity index (χ3v) is 3.84. The number of carbonyl (C=O) groups excluding carboxylic acids is 1. The second-order valence-corrected chi connectivity index (χ2v) is 5.67. The van der Waals surface area contributed by atoms with E-state index < -0.39 is 5.41 Å². The van der Waals surface area contributed by atoms with Crippen LogP contribution in [0, 0.1) is 0 Å². The molecule has 0 saturated heterocycles. The molecule has 0 bridgehead atoms. The molecule has 0 saturated carbocycles. The van der Waals surface area contributed by atoms with Crippen molar-refractivity contribution in [3.05, 3.63) is 45.2 Å². The Balaban J connectivity index is 2.20. The van der Waals surface area contributed by atoms with Gasteiger partial charge in [0.1, 0.15) is 0 Å². The molecule has 0 unspecified atom stereocenters. The maximum Gasteiger partial charge on any atom is 0.264 e. The van der Waals surface area contributed by atoms with Gasteiger partial charge in [0.15, 0.2) is 0 Å². The van der Waals surface area contributed by atoms with Crippen LogP contribution in [0.25, 0.3) is 11.3 Å². The highest BCUT2D eigenvalue weighted by atomic mass is 35.5. The lowest BCUT2D eigenvalue weighted by atomic mass is 9.85. The zero-order chi connectivity index (χ0) is 14.5. The Kier molecular flexibility index (Phi) is 2.69. The van der Waals surface area contributed by atoms with Crippen LogP contribution in [0.3, 0.4) is 0 Å². The lowest BCUT2D eigenvalue weighted by Gasteiger charge is -2.16. The lowest BCUT2D eigenvalue weighted by Crippen LogP contribution is -2.26. The van der Waals surface area contributed by atoms with Crippen molar-refractivity contribution in [2.45, 2.75) is 19.3 Å². The third kappa shape index (κ3) is 1.82. The van der Waals surface area contributed by atoms with Crippen LogP contribution in [0.5, 0.6) is 0 Å². The van der Waals surface area contributed by atoms with Crippen LogP contribution >= 0.6 is 11.6 Å². The quantitative estimate of drug-likeness (QED) is 0.846. The van der Waals surface area contributed by atoms with Gasteiger partial charge in [-0.3, -0.25) is 9.59 Å². The Morgan fingerprint density at radius 2 is 1.95 bits per heavy atom. The number of nitrogens with one attached hydrogen (secondary N) is 2. The van der Waals surface area contributed by atoms with Crippen molar-refractivity contribution in [3.8, 4) is 11.3 Å². The summed E-state index contributed by atoms with van der Waals surface area (Å²) in [5.41, 5.74) is 1.93. The van der Waals surface area contributed by atoms with Crippen molar-refractivity contribution >= 4 is 23.2 Å². The van der Waals surface area contributed by atoms with Gasteiger partial charge >= 0.3 is 0 Å². The van der Waals surface area contributed by atoms with Crippen molar-refractivity contribution in [3.63, 3.8) is 0 Å². The summed E-state index contributed by atoms with van der Waals surface area (Å²) in [5.74, 6) is -0.0824. The number of anilines is 1. The summed E-state index contributed by atoms with van der Waals surface area (Å²) < 4.78 is 0. The van der Waals surface area contributed by atoms with Crippen molar-refractivity contribution in [2.75, 3.05) is 5.32 Å². The minimum atomic E-state index is -0.642. The van der Waals surface area contributed by atoms with E-state index in [0.29, 0.717) is 16.4 Å². The van der Waals surface area contributed by atoms with Crippen molar-refractivity contribution in [2.24, 2.45) is 0 Å². The fourth-order valence-corrected chi connectivity index (χ4v) is 2.54. The van der Waals surface area contributed by atoms with Gasteiger partial charge in [-0.05, 0) is 37.6 Å². The molecule has 0 atom stereocenters. The molecular formula is C14H12ClN3O2. The molecule has 1 aromatic heterocycles. The summed E-state index contributed by atoms with van der Waals surface area (Å²) in [4.78, 5) is 23.0. The minimum absolute atomic E-state index is 0.0824. The normalized spacial score (nSPS) is 15.8. The lowest BCUT2D eigenvalue weighted by molar-refractivity contribution is -0.119. The predicted molar refractivity (Wildman–Crippen MR) is 77.0 cm³/mol. The van der Waals surface area contributed by atoms with Crippen LogP contribution in [0.2, 0.25) is 5.02 Å². The Labute approximate surface area is 120 Å². The van der Waals surface area contributed by atoms with E-state index in [4.69, 9.17) is 11.6 Å². The van der Waals surface area contributed by atoms with E-state index in [2.05, 4.69) is 15.5 Å². The molecule has 1 aromatic carbocycles. The summed E-state index contributed by atoms with van der Waals surface area (Å²) >= 11 is 6.23. The second-order valence-electron chi connectivity index (χ2n) is 5.27. The maximum absolute atomic E-state index is 12.0. The summed E-state index contributed by atoms with van der Waals surface area (Å²) in [5, 5.41) is 9.62. The summed E-state index contributed by atoms with van der Waals surface area (Å²) in [6.45, 7) is 3.68. The van der Waals surface area contributed by atoms with E-state index in [1.807, 2.05) is 19.9 Å². The number of nitrogens with zero attached hydrogens (tertiary/aromatic N) is 1. The molecule has 0 fully saturated rings. The highest BCUT2D eigenvalue weighted by Gasteiger charge is 2.39. The Hall–Kier alpha value is -2.14. The number of amides is 1. The van der Waals surface area contributed by atoms with Crippen LogP contribution in [0.15, 0.2) is 29.1 Å². The van der Waals surface area contributed by atoms with Gasteiger partial charge in [-0.15, -0.1) is 0 Å². The fourth-order valence-electron chi connectivity index (χ4n) is 2.27.